The zero-order chi connectivity index (χ0) is 15.7. The van der Waals surface area contributed by atoms with Gasteiger partial charge in [-0.3, -0.25) is 4.90 Å². The molecule has 1 saturated heterocycles. The molecule has 2 atom stereocenters. The highest BCUT2D eigenvalue weighted by Gasteiger charge is 2.31. The first-order valence-corrected chi connectivity index (χ1v) is 7.21. The average Bonchev–Trinajstić information content (AvgIpc) is 2.86. The molecule has 0 spiro atoms. The highest BCUT2D eigenvalue weighted by atomic mass is 35.5. The molecule has 6 heteroatoms. The lowest BCUT2D eigenvalue weighted by Crippen LogP contribution is -2.28. The summed E-state index contributed by atoms with van der Waals surface area (Å²) in [5.74, 6) is -2.76. The number of hydrogen-bond acceptors (Lipinski definition) is 2. The van der Waals surface area contributed by atoms with Crippen LogP contribution in [0.5, 0.6) is 0 Å². The van der Waals surface area contributed by atoms with Gasteiger partial charge >= 0.3 is 0 Å². The summed E-state index contributed by atoms with van der Waals surface area (Å²) in [5, 5.41) is 0. The van der Waals surface area contributed by atoms with Crippen molar-refractivity contribution in [3.8, 4) is 0 Å². The van der Waals surface area contributed by atoms with Gasteiger partial charge in [0, 0.05) is 43.2 Å². The molecule has 0 unspecified atom stereocenters. The predicted molar refractivity (Wildman–Crippen MR) is 86.0 cm³/mol. The second-order valence-electron chi connectivity index (χ2n) is 5.73. The van der Waals surface area contributed by atoms with Crippen LogP contribution >= 0.6 is 12.4 Å². The molecule has 124 valence electrons. The minimum Gasteiger partial charge on any atom is -0.326 e. The first kappa shape index (κ1) is 17.8. The van der Waals surface area contributed by atoms with Gasteiger partial charge in [0.1, 0.15) is 5.82 Å². The second kappa shape index (κ2) is 7.34. The fraction of sp³-hybridized carbons (Fsp3) is 0.294. The molecule has 1 aliphatic heterocycles. The molecule has 0 saturated carbocycles. The lowest BCUT2D eigenvalue weighted by Gasteiger charge is -2.16. The Balaban J connectivity index is 0.00000192. The maximum absolute atomic E-state index is 13.7. The van der Waals surface area contributed by atoms with Gasteiger partial charge in [0.2, 0.25) is 0 Å². The number of nitrogens with zero attached hydrogens (tertiary/aromatic N) is 1. The van der Waals surface area contributed by atoms with Gasteiger partial charge in [-0.1, -0.05) is 30.3 Å². The van der Waals surface area contributed by atoms with Crippen molar-refractivity contribution in [1.29, 1.82) is 0 Å². The Hall–Kier alpha value is -1.56. The van der Waals surface area contributed by atoms with E-state index in [-0.39, 0.29) is 36.5 Å². The molecule has 0 aliphatic carbocycles. The lowest BCUT2D eigenvalue weighted by atomic mass is 9.95. The Labute approximate surface area is 139 Å². The van der Waals surface area contributed by atoms with Gasteiger partial charge in [-0.25, -0.2) is 13.2 Å². The van der Waals surface area contributed by atoms with E-state index in [2.05, 4.69) is 0 Å². The average molecular weight is 343 g/mol. The van der Waals surface area contributed by atoms with Crippen molar-refractivity contribution < 1.29 is 13.2 Å². The molecule has 2 aromatic rings. The van der Waals surface area contributed by atoms with Crippen molar-refractivity contribution in [3.63, 3.8) is 0 Å². The molecule has 2 nitrogen and oxygen atoms in total. The van der Waals surface area contributed by atoms with Gasteiger partial charge < -0.3 is 5.73 Å². The highest BCUT2D eigenvalue weighted by molar-refractivity contribution is 5.85. The quantitative estimate of drug-likeness (QED) is 0.866. The Morgan fingerprint density at radius 3 is 2.30 bits per heavy atom. The highest BCUT2D eigenvalue weighted by Crippen LogP contribution is 2.28. The summed E-state index contributed by atoms with van der Waals surface area (Å²) in [7, 11) is 0. The van der Waals surface area contributed by atoms with Crippen LogP contribution in [-0.4, -0.2) is 24.0 Å². The van der Waals surface area contributed by atoms with Crippen LogP contribution in [0.15, 0.2) is 42.5 Å². The minimum atomic E-state index is -1.17. The second-order valence-corrected chi connectivity index (χ2v) is 5.73. The summed E-state index contributed by atoms with van der Waals surface area (Å²) in [6.45, 7) is 1.49. The van der Waals surface area contributed by atoms with E-state index >= 15 is 0 Å². The molecule has 0 amide bonds. The van der Waals surface area contributed by atoms with Gasteiger partial charge in [0.25, 0.3) is 0 Å². The first-order valence-electron chi connectivity index (χ1n) is 7.21. The number of nitrogens with two attached hydrogens (primary N) is 1. The van der Waals surface area contributed by atoms with Crippen LogP contribution in [0.4, 0.5) is 13.2 Å². The third-order valence-corrected chi connectivity index (χ3v) is 4.15. The Morgan fingerprint density at radius 2 is 1.61 bits per heavy atom. The molecule has 0 aromatic heterocycles. The number of hydrogen-bond donors (Lipinski definition) is 1. The fourth-order valence-corrected chi connectivity index (χ4v) is 3.02. The number of halogens is 4. The Bertz CT molecular complexity index is 666. The standard InChI is InChI=1S/C17H17F3N2.ClH/c18-14-7-16(20)15(19)6-12(14)8-22-9-13(17(21)10-22)11-4-2-1-3-5-11;/h1-7,13,17H,8-10,21H2;1H/t13-,17+;/m0./s1. The van der Waals surface area contributed by atoms with E-state index in [0.29, 0.717) is 19.2 Å². The predicted octanol–water partition coefficient (Wildman–Crippen LogP) is 3.45. The monoisotopic (exact) mass is 342 g/mol. The summed E-state index contributed by atoms with van der Waals surface area (Å²) < 4.78 is 40.0. The van der Waals surface area contributed by atoms with Crippen molar-refractivity contribution in [3.05, 3.63) is 71.0 Å². The van der Waals surface area contributed by atoms with Crippen LogP contribution in [0.25, 0.3) is 0 Å². The van der Waals surface area contributed by atoms with E-state index < -0.39 is 17.5 Å². The van der Waals surface area contributed by atoms with E-state index in [1.165, 1.54) is 0 Å². The Morgan fingerprint density at radius 1 is 0.957 bits per heavy atom. The van der Waals surface area contributed by atoms with Crippen LogP contribution in [0, 0.1) is 17.5 Å². The summed E-state index contributed by atoms with van der Waals surface area (Å²) in [6.07, 6.45) is 0. The third kappa shape index (κ3) is 3.86. The van der Waals surface area contributed by atoms with Crippen molar-refractivity contribution >= 4 is 12.4 Å². The van der Waals surface area contributed by atoms with Crippen molar-refractivity contribution in [2.24, 2.45) is 5.73 Å². The van der Waals surface area contributed by atoms with Crippen LogP contribution in [0.2, 0.25) is 0 Å². The van der Waals surface area contributed by atoms with E-state index in [1.807, 2.05) is 35.2 Å². The summed E-state index contributed by atoms with van der Waals surface area (Å²) in [5.41, 5.74) is 7.47. The molecule has 0 bridgehead atoms. The van der Waals surface area contributed by atoms with Gasteiger partial charge in [-0.05, 0) is 11.6 Å². The fourth-order valence-electron chi connectivity index (χ4n) is 3.02. The molecule has 2 N–H and O–H groups in total. The van der Waals surface area contributed by atoms with Gasteiger partial charge in [-0.15, -0.1) is 12.4 Å². The SMILES string of the molecule is Cl.N[C@@H]1CN(Cc2cc(F)c(F)cc2F)C[C@H]1c1ccccc1. The lowest BCUT2D eigenvalue weighted by molar-refractivity contribution is 0.316. The zero-order valence-electron chi connectivity index (χ0n) is 12.4. The van der Waals surface area contributed by atoms with Gasteiger partial charge in [-0.2, -0.15) is 0 Å². The van der Waals surface area contributed by atoms with Gasteiger partial charge in [0.05, 0.1) is 0 Å². The van der Waals surface area contributed by atoms with Crippen molar-refractivity contribution in [1.82, 2.24) is 4.90 Å². The number of benzene rings is 2. The normalized spacial score (nSPS) is 21.2. The van der Waals surface area contributed by atoms with E-state index in [4.69, 9.17) is 5.73 Å². The molecule has 1 fully saturated rings. The largest absolute Gasteiger partial charge is 0.326 e. The molecular formula is C17H18ClF3N2. The molecule has 3 rings (SSSR count). The smallest absolute Gasteiger partial charge is 0.161 e. The van der Waals surface area contributed by atoms with E-state index in [9.17, 15) is 13.2 Å². The number of likely N-dealkylation sites (tertiary alicyclic amines) is 1. The maximum Gasteiger partial charge on any atom is 0.161 e. The van der Waals surface area contributed by atoms with Gasteiger partial charge in [0.15, 0.2) is 11.6 Å². The van der Waals surface area contributed by atoms with Crippen molar-refractivity contribution in [2.75, 3.05) is 13.1 Å². The summed E-state index contributed by atoms with van der Waals surface area (Å²) in [4.78, 5) is 1.97. The topological polar surface area (TPSA) is 29.3 Å². The molecule has 1 aliphatic rings. The Kier molecular flexibility index (Phi) is 5.68. The maximum atomic E-state index is 13.7. The molecule has 0 radical (unpaired) electrons. The van der Waals surface area contributed by atoms with Crippen LogP contribution < -0.4 is 5.73 Å². The van der Waals surface area contributed by atoms with E-state index in [0.717, 1.165) is 11.6 Å². The number of rotatable bonds is 3. The zero-order valence-corrected chi connectivity index (χ0v) is 13.2. The van der Waals surface area contributed by atoms with Crippen LogP contribution in [0.1, 0.15) is 17.0 Å². The van der Waals surface area contributed by atoms with Crippen LogP contribution in [-0.2, 0) is 6.54 Å². The van der Waals surface area contributed by atoms with Crippen molar-refractivity contribution in [2.45, 2.75) is 18.5 Å². The molecular weight excluding hydrogens is 325 g/mol. The first-order chi connectivity index (χ1) is 10.5. The summed E-state index contributed by atoms with van der Waals surface area (Å²) >= 11 is 0. The molecule has 2 aromatic carbocycles. The molecule has 1 heterocycles. The third-order valence-electron chi connectivity index (χ3n) is 4.15. The van der Waals surface area contributed by atoms with Crippen LogP contribution in [0.3, 0.4) is 0 Å². The summed E-state index contributed by atoms with van der Waals surface area (Å²) in [6, 6.07) is 11.4. The molecule has 23 heavy (non-hydrogen) atoms. The van der Waals surface area contributed by atoms with E-state index in [1.54, 1.807) is 0 Å². The minimum absolute atomic E-state index is 0.